The average molecular weight is 632 g/mol. The second kappa shape index (κ2) is 14.5. The lowest BCUT2D eigenvalue weighted by atomic mass is 10.0. The van der Waals surface area contributed by atoms with E-state index >= 15 is 4.39 Å². The van der Waals surface area contributed by atoms with Crippen molar-refractivity contribution in [1.29, 1.82) is 0 Å². The quantitative estimate of drug-likeness (QED) is 0.212. The van der Waals surface area contributed by atoms with Crippen molar-refractivity contribution in [3.05, 3.63) is 132 Å². The van der Waals surface area contributed by atoms with Gasteiger partial charge in [0.25, 0.3) is 10.0 Å². The van der Waals surface area contributed by atoms with Gasteiger partial charge in [-0.05, 0) is 60.9 Å². The van der Waals surface area contributed by atoms with Crippen LogP contribution in [0.5, 0.6) is 0 Å². The van der Waals surface area contributed by atoms with Crippen LogP contribution in [0.3, 0.4) is 0 Å². The summed E-state index contributed by atoms with van der Waals surface area (Å²) in [4.78, 5) is 29.6. The highest BCUT2D eigenvalue weighted by Crippen LogP contribution is 2.26. The maximum absolute atomic E-state index is 15.0. The van der Waals surface area contributed by atoms with Crippen molar-refractivity contribution in [3.63, 3.8) is 0 Å². The van der Waals surface area contributed by atoms with Gasteiger partial charge in [-0.15, -0.1) is 0 Å². The van der Waals surface area contributed by atoms with Crippen molar-refractivity contribution >= 4 is 27.5 Å². The third-order valence-electron chi connectivity index (χ3n) is 8.00. The maximum atomic E-state index is 15.0. The van der Waals surface area contributed by atoms with Crippen LogP contribution in [-0.2, 0) is 32.6 Å². The Morgan fingerprint density at radius 3 is 2.04 bits per heavy atom. The molecule has 0 unspecified atom stereocenters. The highest BCUT2D eigenvalue weighted by atomic mass is 32.2. The zero-order chi connectivity index (χ0) is 31.8. The molecule has 1 N–H and O–H groups in total. The molecular weight excluding hydrogens is 596 g/mol. The van der Waals surface area contributed by atoms with E-state index in [1.165, 1.54) is 47.4 Å². The van der Waals surface area contributed by atoms with Crippen molar-refractivity contribution in [2.45, 2.75) is 55.6 Å². The summed E-state index contributed by atoms with van der Waals surface area (Å²) in [6.45, 7) is -0.983. The number of amides is 2. The van der Waals surface area contributed by atoms with Crippen LogP contribution in [-0.4, -0.2) is 43.8 Å². The van der Waals surface area contributed by atoms with E-state index in [0.29, 0.717) is 0 Å². The molecule has 234 valence electrons. The van der Waals surface area contributed by atoms with Crippen molar-refractivity contribution < 1.29 is 26.8 Å². The number of rotatable bonds is 12. The monoisotopic (exact) mass is 631 g/mol. The molecule has 0 heterocycles. The number of sulfonamides is 1. The van der Waals surface area contributed by atoms with Gasteiger partial charge in [-0.3, -0.25) is 13.9 Å². The van der Waals surface area contributed by atoms with Crippen LogP contribution < -0.4 is 9.62 Å². The van der Waals surface area contributed by atoms with Gasteiger partial charge in [0.1, 0.15) is 24.2 Å². The second-order valence-electron chi connectivity index (χ2n) is 11.1. The fourth-order valence-corrected chi connectivity index (χ4v) is 7.02. The number of benzene rings is 4. The maximum Gasteiger partial charge on any atom is 0.264 e. The Labute approximate surface area is 262 Å². The molecule has 1 aliphatic carbocycles. The molecule has 4 aromatic carbocycles. The number of nitrogens with one attached hydrogen (secondary N) is 1. The lowest BCUT2D eigenvalue weighted by molar-refractivity contribution is -0.140. The van der Waals surface area contributed by atoms with Crippen LogP contribution >= 0.6 is 0 Å². The molecule has 0 radical (unpaired) electrons. The molecule has 0 spiro atoms. The van der Waals surface area contributed by atoms with E-state index in [-0.39, 0.29) is 35.2 Å². The number of hydrogen-bond acceptors (Lipinski definition) is 4. The van der Waals surface area contributed by atoms with Gasteiger partial charge >= 0.3 is 0 Å². The summed E-state index contributed by atoms with van der Waals surface area (Å²) in [5, 5.41) is 3.08. The van der Waals surface area contributed by atoms with E-state index in [0.717, 1.165) is 47.7 Å². The van der Waals surface area contributed by atoms with E-state index in [4.69, 9.17) is 0 Å². The minimum Gasteiger partial charge on any atom is -0.352 e. The van der Waals surface area contributed by atoms with Gasteiger partial charge in [0.2, 0.25) is 11.8 Å². The lowest BCUT2D eigenvalue weighted by Gasteiger charge is -2.34. The summed E-state index contributed by atoms with van der Waals surface area (Å²) in [7, 11) is -4.31. The van der Waals surface area contributed by atoms with Gasteiger partial charge in [0.15, 0.2) is 0 Å². The van der Waals surface area contributed by atoms with E-state index in [9.17, 15) is 22.4 Å². The number of carbonyl (C=O) groups excluding carboxylic acids is 2. The van der Waals surface area contributed by atoms with Crippen molar-refractivity contribution in [2.75, 3.05) is 10.8 Å². The molecule has 0 bridgehead atoms. The molecule has 0 aromatic heterocycles. The first-order valence-electron chi connectivity index (χ1n) is 14.9. The first kappa shape index (κ1) is 31.8. The van der Waals surface area contributed by atoms with Crippen LogP contribution in [0.4, 0.5) is 14.5 Å². The predicted octanol–water partition coefficient (Wildman–Crippen LogP) is 5.86. The Hall–Kier alpha value is -4.57. The molecule has 10 heteroatoms. The van der Waals surface area contributed by atoms with Crippen LogP contribution in [0.1, 0.15) is 36.8 Å². The van der Waals surface area contributed by atoms with Crippen LogP contribution in [0.15, 0.2) is 114 Å². The third kappa shape index (κ3) is 7.94. The molecule has 2 amide bonds. The molecule has 1 atom stereocenters. The summed E-state index contributed by atoms with van der Waals surface area (Å²) in [5.74, 6) is -2.24. The third-order valence-corrected chi connectivity index (χ3v) is 9.78. The Bertz CT molecular complexity index is 1700. The van der Waals surface area contributed by atoms with Gasteiger partial charge in [-0.1, -0.05) is 79.6 Å². The van der Waals surface area contributed by atoms with Crippen LogP contribution in [0.2, 0.25) is 0 Å². The summed E-state index contributed by atoms with van der Waals surface area (Å²) in [5.41, 5.74) is 1.02. The number of anilines is 1. The molecule has 4 aromatic rings. The standard InChI is InChI=1S/C35H35F2N3O4S/c36-28-19-21-30(22-20-28)40(45(43,44)31-16-5-2-6-17-31)25-34(41)39(24-27-13-7-10-18-32(27)37)33(23-26-11-3-1-4-12-26)35(42)38-29-14-8-9-15-29/h1-7,10-13,16-22,29,33H,8-9,14-15,23-25H2,(H,38,42)/t33-/m1/s1. The number of nitrogens with zero attached hydrogens (tertiary/aromatic N) is 2. The minimum absolute atomic E-state index is 0.0460. The Kier molecular flexibility index (Phi) is 10.2. The van der Waals surface area contributed by atoms with Gasteiger partial charge in [0, 0.05) is 24.6 Å². The van der Waals surface area contributed by atoms with Crippen LogP contribution in [0, 0.1) is 11.6 Å². The SMILES string of the molecule is O=C(NC1CCCC1)[C@@H](Cc1ccccc1)N(Cc1ccccc1F)C(=O)CN(c1ccc(F)cc1)S(=O)(=O)c1ccccc1. The molecule has 1 aliphatic rings. The molecular formula is C35H35F2N3O4S. The molecule has 45 heavy (non-hydrogen) atoms. The molecule has 0 saturated heterocycles. The van der Waals surface area contributed by atoms with Gasteiger partial charge < -0.3 is 10.2 Å². The molecule has 1 saturated carbocycles. The normalized spacial score (nSPS) is 14.1. The summed E-state index contributed by atoms with van der Waals surface area (Å²) in [6.07, 6.45) is 3.73. The molecule has 7 nitrogen and oxygen atoms in total. The average Bonchev–Trinajstić information content (AvgIpc) is 3.56. The number of hydrogen-bond donors (Lipinski definition) is 1. The second-order valence-corrected chi connectivity index (χ2v) is 13.0. The first-order chi connectivity index (χ1) is 21.7. The molecule has 1 fully saturated rings. The highest BCUT2D eigenvalue weighted by molar-refractivity contribution is 7.92. The predicted molar refractivity (Wildman–Crippen MR) is 169 cm³/mol. The van der Waals surface area contributed by atoms with Crippen molar-refractivity contribution in [2.24, 2.45) is 0 Å². The number of halogens is 2. The largest absolute Gasteiger partial charge is 0.352 e. The fraction of sp³-hybridized carbons (Fsp3) is 0.257. The summed E-state index contributed by atoms with van der Waals surface area (Å²) < 4.78 is 57.7. The fourth-order valence-electron chi connectivity index (χ4n) is 5.59. The lowest BCUT2D eigenvalue weighted by Crippen LogP contribution is -2.54. The van der Waals surface area contributed by atoms with E-state index in [2.05, 4.69) is 5.32 Å². The smallest absolute Gasteiger partial charge is 0.264 e. The number of carbonyl (C=O) groups is 2. The summed E-state index contributed by atoms with van der Waals surface area (Å²) in [6, 6.07) is 26.4. The highest BCUT2D eigenvalue weighted by Gasteiger charge is 2.35. The van der Waals surface area contributed by atoms with E-state index < -0.39 is 46.1 Å². The topological polar surface area (TPSA) is 86.8 Å². The molecule has 0 aliphatic heterocycles. The Morgan fingerprint density at radius 2 is 1.40 bits per heavy atom. The zero-order valence-corrected chi connectivity index (χ0v) is 25.5. The Balaban J connectivity index is 1.56. The van der Waals surface area contributed by atoms with Gasteiger partial charge in [-0.25, -0.2) is 17.2 Å². The minimum atomic E-state index is -4.31. The zero-order valence-electron chi connectivity index (χ0n) is 24.7. The first-order valence-corrected chi connectivity index (χ1v) is 16.4. The van der Waals surface area contributed by atoms with Gasteiger partial charge in [0.05, 0.1) is 10.6 Å². The van der Waals surface area contributed by atoms with Gasteiger partial charge in [-0.2, -0.15) is 0 Å². The Morgan fingerprint density at radius 1 is 0.800 bits per heavy atom. The van der Waals surface area contributed by atoms with Crippen molar-refractivity contribution in [1.82, 2.24) is 10.2 Å². The summed E-state index contributed by atoms with van der Waals surface area (Å²) >= 11 is 0. The van der Waals surface area contributed by atoms with E-state index in [1.54, 1.807) is 24.3 Å². The van der Waals surface area contributed by atoms with Crippen LogP contribution in [0.25, 0.3) is 0 Å². The molecule has 5 rings (SSSR count). The van der Waals surface area contributed by atoms with Crippen molar-refractivity contribution in [3.8, 4) is 0 Å². The van der Waals surface area contributed by atoms with E-state index in [1.807, 2.05) is 30.3 Å².